The molecule has 2 N–H and O–H groups in total. The predicted molar refractivity (Wildman–Crippen MR) is 75.4 cm³/mol. The van der Waals surface area contributed by atoms with E-state index in [0.29, 0.717) is 24.6 Å². The van der Waals surface area contributed by atoms with Crippen molar-refractivity contribution >= 4 is 0 Å². The first-order chi connectivity index (χ1) is 9.11. The molecule has 0 amide bonds. The Labute approximate surface area is 115 Å². The summed E-state index contributed by atoms with van der Waals surface area (Å²) in [6.45, 7) is 3.54. The molecule has 3 nitrogen and oxygen atoms in total. The van der Waals surface area contributed by atoms with Crippen LogP contribution in [-0.2, 0) is 6.54 Å². The smallest absolute Gasteiger partial charge is 0.0991 e. The number of aliphatic hydroxyl groups is 1. The lowest BCUT2D eigenvalue weighted by atomic mass is 9.79. The molecule has 1 fully saturated rings. The lowest BCUT2D eigenvalue weighted by Gasteiger charge is -2.35. The van der Waals surface area contributed by atoms with E-state index in [1.54, 1.807) is 6.07 Å². The zero-order valence-corrected chi connectivity index (χ0v) is 11.5. The molecule has 1 aromatic rings. The highest BCUT2D eigenvalue weighted by Gasteiger charge is 2.31. The van der Waals surface area contributed by atoms with Crippen molar-refractivity contribution in [3.63, 3.8) is 0 Å². The minimum absolute atomic E-state index is 0.551. The van der Waals surface area contributed by atoms with E-state index in [1.165, 1.54) is 6.42 Å². The molecule has 2 atom stereocenters. The highest BCUT2D eigenvalue weighted by atomic mass is 16.3. The van der Waals surface area contributed by atoms with Crippen molar-refractivity contribution in [2.45, 2.75) is 44.8 Å². The second-order valence-corrected chi connectivity index (χ2v) is 5.84. The molecule has 102 valence electrons. The molecule has 1 aromatic carbocycles. The van der Waals surface area contributed by atoms with Gasteiger partial charge >= 0.3 is 0 Å². The van der Waals surface area contributed by atoms with Gasteiger partial charge in [0.1, 0.15) is 0 Å². The van der Waals surface area contributed by atoms with Crippen molar-refractivity contribution < 1.29 is 5.11 Å². The van der Waals surface area contributed by atoms with E-state index in [0.717, 1.165) is 24.8 Å². The summed E-state index contributed by atoms with van der Waals surface area (Å²) in [5.74, 6) is 0.613. The van der Waals surface area contributed by atoms with Gasteiger partial charge in [-0.2, -0.15) is 5.26 Å². The van der Waals surface area contributed by atoms with Crippen LogP contribution in [0.2, 0.25) is 0 Å². The van der Waals surface area contributed by atoms with Crippen molar-refractivity contribution in [2.75, 3.05) is 6.54 Å². The molecule has 0 bridgehead atoms. The van der Waals surface area contributed by atoms with E-state index < -0.39 is 5.60 Å². The summed E-state index contributed by atoms with van der Waals surface area (Å²) in [5, 5.41) is 22.7. The van der Waals surface area contributed by atoms with Gasteiger partial charge in [-0.3, -0.25) is 0 Å². The lowest BCUT2D eigenvalue weighted by molar-refractivity contribution is -0.0119. The van der Waals surface area contributed by atoms with E-state index in [4.69, 9.17) is 5.26 Å². The molecule has 1 aliphatic carbocycles. The van der Waals surface area contributed by atoms with Gasteiger partial charge in [0, 0.05) is 13.1 Å². The highest BCUT2D eigenvalue weighted by Crippen LogP contribution is 2.31. The van der Waals surface area contributed by atoms with Crippen LogP contribution in [0.25, 0.3) is 0 Å². The quantitative estimate of drug-likeness (QED) is 0.872. The van der Waals surface area contributed by atoms with Gasteiger partial charge in [-0.05, 0) is 36.5 Å². The van der Waals surface area contributed by atoms with Crippen LogP contribution in [0.15, 0.2) is 24.3 Å². The zero-order chi connectivity index (χ0) is 13.7. The molecule has 2 unspecified atom stereocenters. The third-order valence-corrected chi connectivity index (χ3v) is 3.91. The molecule has 2 rings (SSSR count). The van der Waals surface area contributed by atoms with Crippen LogP contribution >= 0.6 is 0 Å². The number of nitrogens with one attached hydrogen (secondary N) is 1. The molecule has 0 radical (unpaired) electrons. The molecular weight excluding hydrogens is 236 g/mol. The molecule has 1 saturated carbocycles. The first-order valence-electron chi connectivity index (χ1n) is 7.03. The van der Waals surface area contributed by atoms with Gasteiger partial charge in [0.25, 0.3) is 0 Å². The van der Waals surface area contributed by atoms with Gasteiger partial charge in [-0.15, -0.1) is 0 Å². The maximum atomic E-state index is 10.5. The Hall–Kier alpha value is -1.37. The van der Waals surface area contributed by atoms with Gasteiger partial charge in [-0.25, -0.2) is 0 Å². The van der Waals surface area contributed by atoms with E-state index in [1.807, 2.05) is 18.2 Å². The second kappa shape index (κ2) is 6.18. The van der Waals surface area contributed by atoms with Gasteiger partial charge in [0.15, 0.2) is 0 Å². The maximum absolute atomic E-state index is 10.5. The first kappa shape index (κ1) is 14.0. The normalized spacial score (nSPS) is 26.9. The fraction of sp³-hybridized carbons (Fsp3) is 0.562. The summed E-state index contributed by atoms with van der Waals surface area (Å²) in [6, 6.07) is 9.74. The summed E-state index contributed by atoms with van der Waals surface area (Å²) in [4.78, 5) is 0. The van der Waals surface area contributed by atoms with Crippen molar-refractivity contribution in [3.8, 4) is 6.07 Å². The van der Waals surface area contributed by atoms with Crippen LogP contribution in [0.4, 0.5) is 0 Å². The van der Waals surface area contributed by atoms with Crippen LogP contribution in [0, 0.1) is 17.2 Å². The van der Waals surface area contributed by atoms with E-state index in [2.05, 4.69) is 18.3 Å². The third-order valence-electron chi connectivity index (χ3n) is 3.91. The minimum Gasteiger partial charge on any atom is -0.389 e. The molecule has 0 spiro atoms. The minimum atomic E-state index is -0.551. The number of hydrogen-bond acceptors (Lipinski definition) is 3. The Morgan fingerprint density at radius 2 is 2.37 bits per heavy atom. The van der Waals surface area contributed by atoms with Crippen LogP contribution in [-0.4, -0.2) is 17.3 Å². The van der Waals surface area contributed by atoms with Crippen molar-refractivity contribution in [1.82, 2.24) is 5.32 Å². The summed E-state index contributed by atoms with van der Waals surface area (Å²) in [6.07, 6.45) is 4.12. The van der Waals surface area contributed by atoms with Crippen LogP contribution in [0.1, 0.15) is 43.7 Å². The third kappa shape index (κ3) is 4.05. The Morgan fingerprint density at radius 3 is 3.11 bits per heavy atom. The van der Waals surface area contributed by atoms with Gasteiger partial charge in [0.2, 0.25) is 0 Å². The predicted octanol–water partition coefficient (Wildman–Crippen LogP) is 2.59. The average molecular weight is 258 g/mol. The molecule has 19 heavy (non-hydrogen) atoms. The van der Waals surface area contributed by atoms with Gasteiger partial charge in [-0.1, -0.05) is 31.9 Å². The second-order valence-electron chi connectivity index (χ2n) is 5.84. The van der Waals surface area contributed by atoms with E-state index in [-0.39, 0.29) is 0 Å². The number of rotatable bonds is 4. The number of nitriles is 1. The van der Waals surface area contributed by atoms with Crippen LogP contribution < -0.4 is 5.32 Å². The van der Waals surface area contributed by atoms with E-state index >= 15 is 0 Å². The molecule has 3 heteroatoms. The summed E-state index contributed by atoms with van der Waals surface area (Å²) < 4.78 is 0. The Balaban J connectivity index is 1.84. The molecule has 0 aliphatic heterocycles. The monoisotopic (exact) mass is 258 g/mol. The van der Waals surface area contributed by atoms with Gasteiger partial charge in [0.05, 0.1) is 17.2 Å². The highest BCUT2D eigenvalue weighted by molar-refractivity contribution is 5.32. The summed E-state index contributed by atoms with van der Waals surface area (Å²) >= 11 is 0. The average Bonchev–Trinajstić information content (AvgIpc) is 2.38. The Kier molecular flexibility index (Phi) is 4.57. The number of benzene rings is 1. The Bertz CT molecular complexity index is 466. The SMILES string of the molecule is CC1CCCC(O)(CNCc2cccc(C#N)c2)C1. The van der Waals surface area contributed by atoms with Crippen molar-refractivity contribution in [3.05, 3.63) is 35.4 Å². The van der Waals surface area contributed by atoms with Crippen LogP contribution in [0.3, 0.4) is 0 Å². The summed E-state index contributed by atoms with van der Waals surface area (Å²) in [5.41, 5.74) is 1.22. The largest absolute Gasteiger partial charge is 0.389 e. The lowest BCUT2D eigenvalue weighted by Crippen LogP contribution is -2.43. The zero-order valence-electron chi connectivity index (χ0n) is 11.5. The van der Waals surface area contributed by atoms with Gasteiger partial charge < -0.3 is 10.4 Å². The first-order valence-corrected chi connectivity index (χ1v) is 7.03. The number of nitrogens with zero attached hydrogens (tertiary/aromatic N) is 1. The van der Waals surface area contributed by atoms with Crippen LogP contribution in [0.5, 0.6) is 0 Å². The summed E-state index contributed by atoms with van der Waals surface area (Å²) in [7, 11) is 0. The topological polar surface area (TPSA) is 56.0 Å². The molecule has 0 heterocycles. The molecular formula is C16H22N2O. The molecule has 1 aliphatic rings. The fourth-order valence-electron chi connectivity index (χ4n) is 2.98. The fourth-order valence-corrected chi connectivity index (χ4v) is 2.98. The van der Waals surface area contributed by atoms with Crippen molar-refractivity contribution in [2.24, 2.45) is 5.92 Å². The molecule has 0 saturated heterocycles. The van der Waals surface area contributed by atoms with Crippen molar-refractivity contribution in [1.29, 1.82) is 5.26 Å². The number of hydrogen-bond donors (Lipinski definition) is 2. The standard InChI is InChI=1S/C16H22N2O/c1-13-4-3-7-16(19,9-13)12-18-11-15-6-2-5-14(8-15)10-17/h2,5-6,8,13,18-19H,3-4,7,9,11-12H2,1H3. The maximum Gasteiger partial charge on any atom is 0.0991 e. The molecule has 0 aromatic heterocycles. The van der Waals surface area contributed by atoms with E-state index in [9.17, 15) is 5.11 Å². The Morgan fingerprint density at radius 1 is 1.53 bits per heavy atom.